The van der Waals surface area contributed by atoms with Crippen LogP contribution in [0.1, 0.15) is 23.8 Å². The second-order valence-electron chi connectivity index (χ2n) is 5.70. The minimum absolute atomic E-state index is 0.0306. The van der Waals surface area contributed by atoms with Gasteiger partial charge >= 0.3 is 0 Å². The van der Waals surface area contributed by atoms with E-state index in [-0.39, 0.29) is 17.5 Å². The smallest absolute Gasteiger partial charge is 0.273 e. The average molecular weight is 382 g/mol. The number of carbonyl (C=O) groups is 2. The normalized spacial score (nSPS) is 11.6. The molecule has 12 heteroatoms. The summed E-state index contributed by atoms with van der Waals surface area (Å²) in [7, 11) is 0. The predicted molar refractivity (Wildman–Crippen MR) is 99.9 cm³/mol. The molecule has 0 aliphatic heterocycles. The molecule has 0 radical (unpaired) electrons. The number of primary amides is 2. The molecule has 2 amide bonds. The molecule has 1 aromatic carbocycles. The Bertz CT molecular complexity index is 989. The molecule has 3 rings (SSSR count). The van der Waals surface area contributed by atoms with Crippen molar-refractivity contribution in [3.8, 4) is 5.69 Å². The molecule has 144 valence electrons. The van der Waals surface area contributed by atoms with Crippen LogP contribution in [0.4, 0.5) is 17.5 Å². The van der Waals surface area contributed by atoms with Crippen LogP contribution in [0.15, 0.2) is 36.7 Å². The number of aromatic nitrogens is 6. The zero-order valence-electron chi connectivity index (χ0n) is 14.9. The number of nitrogens with two attached hydrogens (primary N) is 2. The van der Waals surface area contributed by atoms with Crippen LogP contribution in [0.25, 0.3) is 5.69 Å². The molecule has 6 N–H and O–H groups in total. The molecule has 3 aromatic rings. The molecule has 28 heavy (non-hydrogen) atoms. The van der Waals surface area contributed by atoms with Gasteiger partial charge in [-0.3, -0.25) is 9.59 Å². The van der Waals surface area contributed by atoms with Crippen molar-refractivity contribution in [2.75, 3.05) is 10.6 Å². The second kappa shape index (κ2) is 8.07. The van der Waals surface area contributed by atoms with E-state index in [0.29, 0.717) is 17.8 Å². The Morgan fingerprint density at radius 3 is 2.57 bits per heavy atom. The molecule has 0 aliphatic rings. The maximum atomic E-state index is 11.7. The Hall–Kier alpha value is -4.09. The van der Waals surface area contributed by atoms with E-state index in [1.54, 1.807) is 37.5 Å². The molecule has 0 bridgehead atoms. The van der Waals surface area contributed by atoms with Gasteiger partial charge in [0.25, 0.3) is 5.91 Å². The number of carbonyl (C=O) groups excluding carboxylic acids is 2. The third-order valence-electron chi connectivity index (χ3n) is 3.73. The van der Waals surface area contributed by atoms with Crippen LogP contribution in [0.2, 0.25) is 0 Å². The highest BCUT2D eigenvalue weighted by Crippen LogP contribution is 2.20. The van der Waals surface area contributed by atoms with Crippen molar-refractivity contribution in [1.29, 1.82) is 0 Å². The van der Waals surface area contributed by atoms with Crippen LogP contribution in [0.3, 0.4) is 0 Å². The van der Waals surface area contributed by atoms with Crippen LogP contribution >= 0.6 is 0 Å². The van der Waals surface area contributed by atoms with Crippen molar-refractivity contribution in [2.24, 2.45) is 11.5 Å². The zero-order valence-corrected chi connectivity index (χ0v) is 14.9. The lowest BCUT2D eigenvalue weighted by atomic mass is 10.2. The Labute approximate surface area is 159 Å². The number of hydrogen-bond donors (Lipinski definition) is 4. The topological polar surface area (TPSA) is 180 Å². The molecule has 1 atom stereocenters. The lowest BCUT2D eigenvalue weighted by Gasteiger charge is -2.14. The number of anilines is 3. The molecular weight excluding hydrogens is 364 g/mol. The number of hydrogen-bond acceptors (Lipinski definition) is 9. The van der Waals surface area contributed by atoms with Crippen LogP contribution < -0.4 is 22.1 Å². The van der Waals surface area contributed by atoms with Crippen LogP contribution in [0.5, 0.6) is 0 Å². The Morgan fingerprint density at radius 1 is 1.18 bits per heavy atom. The van der Waals surface area contributed by atoms with Crippen LogP contribution in [-0.4, -0.2) is 48.0 Å². The lowest BCUT2D eigenvalue weighted by Crippen LogP contribution is -2.35. The van der Waals surface area contributed by atoms with Gasteiger partial charge < -0.3 is 22.1 Å². The fourth-order valence-electron chi connectivity index (χ4n) is 2.36. The van der Waals surface area contributed by atoms with Gasteiger partial charge in [0.15, 0.2) is 11.5 Å². The summed E-state index contributed by atoms with van der Waals surface area (Å²) >= 11 is 0. The van der Waals surface area contributed by atoms with Crippen molar-refractivity contribution >= 4 is 29.3 Å². The number of nitrogens with zero attached hydrogens (tertiary/aromatic N) is 6. The monoisotopic (exact) mass is 382 g/mol. The molecule has 0 unspecified atom stereocenters. The SMILES string of the molecule is CC[C@@H](Nc1nnc(C(N)=O)c(Nc2cccc(-n3nccn3)c2)n1)C(N)=O. The van der Waals surface area contributed by atoms with E-state index in [9.17, 15) is 9.59 Å². The number of benzene rings is 1. The van der Waals surface area contributed by atoms with Gasteiger partial charge in [0.1, 0.15) is 6.04 Å². The van der Waals surface area contributed by atoms with E-state index < -0.39 is 17.9 Å². The van der Waals surface area contributed by atoms with Gasteiger partial charge in [-0.2, -0.15) is 20.0 Å². The largest absolute Gasteiger partial charge is 0.368 e. The minimum atomic E-state index is -0.805. The van der Waals surface area contributed by atoms with Gasteiger partial charge in [-0.25, -0.2) is 0 Å². The van der Waals surface area contributed by atoms with Gasteiger partial charge in [0, 0.05) is 5.69 Å². The molecular formula is C16H18N10O2. The highest BCUT2D eigenvalue weighted by Gasteiger charge is 2.18. The van der Waals surface area contributed by atoms with E-state index in [2.05, 4.69) is 36.0 Å². The molecule has 2 aromatic heterocycles. The van der Waals surface area contributed by atoms with E-state index in [0.717, 1.165) is 0 Å². The maximum absolute atomic E-state index is 11.7. The average Bonchev–Trinajstić information content (AvgIpc) is 3.21. The van der Waals surface area contributed by atoms with Crippen molar-refractivity contribution in [3.05, 3.63) is 42.4 Å². The molecule has 12 nitrogen and oxygen atoms in total. The van der Waals surface area contributed by atoms with Crippen molar-refractivity contribution in [2.45, 2.75) is 19.4 Å². The first-order valence-electron chi connectivity index (χ1n) is 8.32. The third kappa shape index (κ3) is 4.17. The van der Waals surface area contributed by atoms with E-state index >= 15 is 0 Å². The maximum Gasteiger partial charge on any atom is 0.273 e. The van der Waals surface area contributed by atoms with Crippen LogP contribution in [0, 0.1) is 0 Å². The van der Waals surface area contributed by atoms with Crippen LogP contribution in [-0.2, 0) is 4.79 Å². The summed E-state index contributed by atoms with van der Waals surface area (Å²) in [6, 6.07) is 6.41. The third-order valence-corrected chi connectivity index (χ3v) is 3.73. The van der Waals surface area contributed by atoms with Gasteiger partial charge in [-0.15, -0.1) is 10.2 Å². The fourth-order valence-corrected chi connectivity index (χ4v) is 2.36. The van der Waals surface area contributed by atoms with E-state index in [1.165, 1.54) is 4.80 Å². The minimum Gasteiger partial charge on any atom is -0.368 e. The van der Waals surface area contributed by atoms with E-state index in [4.69, 9.17) is 11.5 Å². The number of nitrogens with one attached hydrogen (secondary N) is 2. The molecule has 0 fully saturated rings. The highest BCUT2D eigenvalue weighted by molar-refractivity contribution is 5.96. The standard InChI is InChI=1S/C16H18N10O2/c1-2-11(13(17)27)22-16-23-15(12(14(18)28)24-25-16)21-9-4-3-5-10(8-9)26-19-6-7-20-26/h3-8,11H,2H2,1H3,(H2,17,27)(H2,18,28)(H2,21,22,23,25)/t11-/m1/s1. The Kier molecular flexibility index (Phi) is 5.39. The highest BCUT2D eigenvalue weighted by atomic mass is 16.1. The van der Waals surface area contributed by atoms with Gasteiger partial charge in [0.2, 0.25) is 11.9 Å². The Balaban J connectivity index is 1.91. The molecule has 0 spiro atoms. The first kappa shape index (κ1) is 18.7. The predicted octanol–water partition coefficient (Wildman–Crippen LogP) is -0.0294. The first-order valence-corrected chi connectivity index (χ1v) is 8.32. The van der Waals surface area contributed by atoms with E-state index in [1.807, 2.05) is 6.07 Å². The van der Waals surface area contributed by atoms with Crippen molar-refractivity contribution < 1.29 is 9.59 Å². The molecule has 0 aliphatic carbocycles. The molecule has 0 saturated heterocycles. The fraction of sp³-hybridized carbons (Fsp3) is 0.188. The summed E-state index contributed by atoms with van der Waals surface area (Å²) < 4.78 is 0. The number of rotatable bonds is 8. The molecule has 0 saturated carbocycles. The summed E-state index contributed by atoms with van der Waals surface area (Å²) in [5.74, 6) is -1.25. The van der Waals surface area contributed by atoms with Gasteiger partial charge in [-0.1, -0.05) is 13.0 Å². The number of amides is 2. The van der Waals surface area contributed by atoms with Crippen molar-refractivity contribution in [1.82, 2.24) is 30.2 Å². The summed E-state index contributed by atoms with van der Waals surface area (Å²) in [5, 5.41) is 21.5. The zero-order chi connectivity index (χ0) is 20.1. The van der Waals surface area contributed by atoms with Gasteiger partial charge in [-0.05, 0) is 24.6 Å². The summed E-state index contributed by atoms with van der Waals surface area (Å²) in [4.78, 5) is 28.7. The van der Waals surface area contributed by atoms with Gasteiger partial charge in [0.05, 0.1) is 18.1 Å². The van der Waals surface area contributed by atoms with Crippen molar-refractivity contribution in [3.63, 3.8) is 0 Å². The first-order chi connectivity index (χ1) is 13.5. The second-order valence-corrected chi connectivity index (χ2v) is 5.70. The Morgan fingerprint density at radius 2 is 1.93 bits per heavy atom. The lowest BCUT2D eigenvalue weighted by molar-refractivity contribution is -0.118. The molecule has 2 heterocycles. The summed E-state index contributed by atoms with van der Waals surface area (Å²) in [6.45, 7) is 1.78. The summed E-state index contributed by atoms with van der Waals surface area (Å²) in [6.07, 6.45) is 3.54. The summed E-state index contributed by atoms with van der Waals surface area (Å²) in [5.41, 5.74) is 11.8. The quantitative estimate of drug-likeness (QED) is 0.416.